The molecule has 1 atom stereocenters. The molecule has 4 aromatic rings. The third-order valence-electron chi connectivity index (χ3n) is 6.25. The molecule has 1 fully saturated rings. The maximum atomic E-state index is 11.3. The minimum atomic E-state index is -0.724. The quantitative estimate of drug-likeness (QED) is 0.338. The Morgan fingerprint density at radius 1 is 1.00 bits per heavy atom. The SMILES string of the molecule is O=C(O)C1CCCN(c2ccc(CNCc3ccc(Oc4ccc(-c5ncco5)cc4)cc3)cn2)C1. The van der Waals surface area contributed by atoms with E-state index in [4.69, 9.17) is 9.15 Å². The summed E-state index contributed by atoms with van der Waals surface area (Å²) in [7, 11) is 0. The number of nitrogens with one attached hydrogen (secondary N) is 1. The van der Waals surface area contributed by atoms with Gasteiger partial charge in [-0.3, -0.25) is 4.79 Å². The molecule has 1 saturated heterocycles. The van der Waals surface area contributed by atoms with Crippen LogP contribution in [0.3, 0.4) is 0 Å². The van der Waals surface area contributed by atoms with Gasteiger partial charge in [0, 0.05) is 37.9 Å². The summed E-state index contributed by atoms with van der Waals surface area (Å²) in [6, 6.07) is 19.6. The van der Waals surface area contributed by atoms with Gasteiger partial charge in [0.2, 0.25) is 5.89 Å². The van der Waals surface area contributed by atoms with Crippen LogP contribution in [-0.2, 0) is 17.9 Å². The number of oxazole rings is 1. The molecular formula is C28H28N4O4. The maximum Gasteiger partial charge on any atom is 0.308 e. The molecule has 0 spiro atoms. The van der Waals surface area contributed by atoms with E-state index in [0.29, 0.717) is 19.0 Å². The van der Waals surface area contributed by atoms with Gasteiger partial charge < -0.3 is 24.5 Å². The van der Waals surface area contributed by atoms with Crippen LogP contribution < -0.4 is 15.0 Å². The number of nitrogens with zero attached hydrogens (tertiary/aromatic N) is 3. The van der Waals surface area contributed by atoms with Crippen LogP contribution in [0, 0.1) is 5.92 Å². The smallest absolute Gasteiger partial charge is 0.308 e. The lowest BCUT2D eigenvalue weighted by molar-refractivity contribution is -0.141. The van der Waals surface area contributed by atoms with Gasteiger partial charge in [0.25, 0.3) is 0 Å². The summed E-state index contributed by atoms with van der Waals surface area (Å²) in [4.78, 5) is 22.1. The fraction of sp³-hybridized carbons (Fsp3) is 0.250. The van der Waals surface area contributed by atoms with Crippen molar-refractivity contribution in [3.63, 3.8) is 0 Å². The van der Waals surface area contributed by atoms with Gasteiger partial charge in [-0.05, 0) is 66.4 Å². The Hall–Kier alpha value is -4.17. The van der Waals surface area contributed by atoms with Crippen LogP contribution in [0.2, 0.25) is 0 Å². The van der Waals surface area contributed by atoms with Gasteiger partial charge in [-0.25, -0.2) is 9.97 Å². The van der Waals surface area contributed by atoms with Gasteiger partial charge in [-0.1, -0.05) is 18.2 Å². The fourth-order valence-electron chi connectivity index (χ4n) is 4.29. The molecule has 0 amide bonds. The zero-order chi connectivity index (χ0) is 24.7. The number of anilines is 1. The number of rotatable bonds is 9. The summed E-state index contributed by atoms with van der Waals surface area (Å²) in [5.41, 5.74) is 3.13. The van der Waals surface area contributed by atoms with Crippen molar-refractivity contribution in [1.29, 1.82) is 0 Å². The fourth-order valence-corrected chi connectivity index (χ4v) is 4.29. The highest BCUT2D eigenvalue weighted by Crippen LogP contribution is 2.25. The number of aromatic nitrogens is 2. The van der Waals surface area contributed by atoms with Gasteiger partial charge in [0.1, 0.15) is 23.6 Å². The predicted octanol–water partition coefficient (Wildman–Crippen LogP) is 5.12. The Morgan fingerprint density at radius 3 is 2.39 bits per heavy atom. The number of pyridine rings is 1. The number of ether oxygens (including phenoxy) is 1. The Morgan fingerprint density at radius 2 is 1.72 bits per heavy atom. The van der Waals surface area contributed by atoms with E-state index >= 15 is 0 Å². The molecule has 2 aromatic heterocycles. The summed E-state index contributed by atoms with van der Waals surface area (Å²) in [5, 5.41) is 12.7. The van der Waals surface area contributed by atoms with E-state index in [1.165, 1.54) is 0 Å². The molecule has 2 aromatic carbocycles. The Kier molecular flexibility index (Phi) is 7.23. The molecule has 5 rings (SSSR count). The van der Waals surface area contributed by atoms with Gasteiger partial charge in [0.15, 0.2) is 0 Å². The average Bonchev–Trinajstić information content (AvgIpc) is 3.46. The van der Waals surface area contributed by atoms with Gasteiger partial charge >= 0.3 is 5.97 Å². The second-order valence-corrected chi connectivity index (χ2v) is 8.86. The third kappa shape index (κ3) is 5.90. The zero-order valence-electron chi connectivity index (χ0n) is 19.8. The monoisotopic (exact) mass is 484 g/mol. The van der Waals surface area contributed by atoms with Gasteiger partial charge in [-0.15, -0.1) is 0 Å². The number of carboxylic acids is 1. The topological polar surface area (TPSA) is 101 Å². The summed E-state index contributed by atoms with van der Waals surface area (Å²) in [6.07, 6.45) is 6.65. The molecule has 0 saturated carbocycles. The van der Waals surface area contributed by atoms with Crippen LogP contribution in [0.4, 0.5) is 5.82 Å². The third-order valence-corrected chi connectivity index (χ3v) is 6.25. The molecule has 184 valence electrons. The Balaban J connectivity index is 1.08. The first-order chi connectivity index (χ1) is 17.6. The molecule has 1 unspecified atom stereocenters. The summed E-state index contributed by atoms with van der Waals surface area (Å²) < 4.78 is 11.3. The molecule has 0 radical (unpaired) electrons. The van der Waals surface area contributed by atoms with E-state index in [-0.39, 0.29) is 5.92 Å². The highest BCUT2D eigenvalue weighted by molar-refractivity contribution is 5.71. The molecule has 2 N–H and O–H groups in total. The largest absolute Gasteiger partial charge is 0.481 e. The zero-order valence-corrected chi connectivity index (χ0v) is 19.8. The average molecular weight is 485 g/mol. The van der Waals surface area contributed by atoms with Crippen molar-refractivity contribution in [2.45, 2.75) is 25.9 Å². The van der Waals surface area contributed by atoms with Crippen LogP contribution in [0.1, 0.15) is 24.0 Å². The van der Waals surface area contributed by atoms with Crippen LogP contribution in [0.25, 0.3) is 11.5 Å². The first-order valence-electron chi connectivity index (χ1n) is 12.0. The molecule has 3 heterocycles. The number of carbonyl (C=O) groups is 1. The highest BCUT2D eigenvalue weighted by atomic mass is 16.5. The van der Waals surface area contributed by atoms with Crippen LogP contribution in [0.15, 0.2) is 83.7 Å². The number of piperidine rings is 1. The molecule has 0 aliphatic carbocycles. The molecule has 0 bridgehead atoms. The normalized spacial score (nSPS) is 15.6. The lowest BCUT2D eigenvalue weighted by Gasteiger charge is -2.31. The first kappa shape index (κ1) is 23.6. The molecule has 36 heavy (non-hydrogen) atoms. The summed E-state index contributed by atoms with van der Waals surface area (Å²) >= 11 is 0. The van der Waals surface area contributed by atoms with Crippen molar-refractivity contribution in [3.05, 3.63) is 90.4 Å². The van der Waals surface area contributed by atoms with E-state index in [9.17, 15) is 9.90 Å². The summed E-state index contributed by atoms with van der Waals surface area (Å²) in [6.45, 7) is 2.79. The number of benzene rings is 2. The number of hydrogen-bond donors (Lipinski definition) is 2. The lowest BCUT2D eigenvalue weighted by atomic mass is 9.98. The second-order valence-electron chi connectivity index (χ2n) is 8.86. The van der Waals surface area contributed by atoms with E-state index in [2.05, 4.69) is 20.2 Å². The minimum Gasteiger partial charge on any atom is -0.481 e. The predicted molar refractivity (Wildman–Crippen MR) is 136 cm³/mol. The van der Waals surface area contributed by atoms with Crippen LogP contribution in [0.5, 0.6) is 11.5 Å². The van der Waals surface area contributed by atoms with Crippen molar-refractivity contribution < 1.29 is 19.1 Å². The van der Waals surface area contributed by atoms with Gasteiger partial charge in [0.05, 0.1) is 12.1 Å². The minimum absolute atomic E-state index is 0.316. The van der Waals surface area contributed by atoms with Crippen LogP contribution >= 0.6 is 0 Å². The van der Waals surface area contributed by atoms with Gasteiger partial charge in [-0.2, -0.15) is 0 Å². The molecule has 1 aliphatic heterocycles. The molecular weight excluding hydrogens is 456 g/mol. The van der Waals surface area contributed by atoms with Crippen molar-refractivity contribution in [2.75, 3.05) is 18.0 Å². The van der Waals surface area contributed by atoms with E-state index in [0.717, 1.165) is 59.9 Å². The van der Waals surface area contributed by atoms with E-state index < -0.39 is 5.97 Å². The number of aliphatic carboxylic acids is 1. The first-order valence-corrected chi connectivity index (χ1v) is 12.0. The maximum absolute atomic E-state index is 11.3. The number of hydrogen-bond acceptors (Lipinski definition) is 7. The van der Waals surface area contributed by atoms with Crippen molar-refractivity contribution in [2.24, 2.45) is 5.92 Å². The molecule has 8 nitrogen and oxygen atoms in total. The highest BCUT2D eigenvalue weighted by Gasteiger charge is 2.25. The lowest BCUT2D eigenvalue weighted by Crippen LogP contribution is -2.39. The standard InChI is InChI=1S/C28H28N4O4/c33-28(34)23-2-1-14-32(19-23)26-12-5-21(18-31-26)17-29-16-20-3-8-24(9-4-20)36-25-10-6-22(7-11-25)27-30-13-15-35-27/h3-13,15,18,23,29H,1-2,14,16-17,19H2,(H,33,34). The van der Waals surface area contributed by atoms with E-state index in [1.807, 2.05) is 66.9 Å². The van der Waals surface area contributed by atoms with Crippen molar-refractivity contribution >= 4 is 11.8 Å². The molecule has 8 heteroatoms. The second kappa shape index (κ2) is 11.0. The molecule has 1 aliphatic rings. The number of carboxylic acid groups (broad SMARTS) is 1. The van der Waals surface area contributed by atoms with Crippen LogP contribution in [-0.4, -0.2) is 34.1 Å². The van der Waals surface area contributed by atoms with Crippen molar-refractivity contribution in [3.8, 4) is 23.0 Å². The summed E-state index contributed by atoms with van der Waals surface area (Å²) in [5.74, 6) is 1.90. The van der Waals surface area contributed by atoms with Crippen molar-refractivity contribution in [1.82, 2.24) is 15.3 Å². The Bertz CT molecular complexity index is 1260. The Labute approximate surface area is 209 Å². The van der Waals surface area contributed by atoms with E-state index in [1.54, 1.807) is 12.5 Å².